The van der Waals surface area contributed by atoms with E-state index < -0.39 is 10.0 Å². The first-order valence-electron chi connectivity index (χ1n) is 10.5. The molecule has 11 heteroatoms. The third kappa shape index (κ3) is 4.74. The minimum Gasteiger partial charge on any atom is -0.381 e. The number of rotatable bonds is 7. The van der Waals surface area contributed by atoms with E-state index in [1.165, 1.54) is 4.31 Å². The molecule has 0 N–H and O–H groups in total. The van der Waals surface area contributed by atoms with Crippen LogP contribution in [0.5, 0.6) is 0 Å². The van der Waals surface area contributed by atoms with Crippen molar-refractivity contribution in [3.8, 4) is 0 Å². The van der Waals surface area contributed by atoms with Crippen LogP contribution in [0.3, 0.4) is 0 Å². The van der Waals surface area contributed by atoms with Gasteiger partial charge in [0.15, 0.2) is 10.9 Å². The van der Waals surface area contributed by atoms with E-state index in [9.17, 15) is 8.42 Å². The minimum absolute atomic E-state index is 0.0931. The van der Waals surface area contributed by atoms with Crippen LogP contribution in [0, 0.1) is 6.92 Å². The largest absolute Gasteiger partial charge is 0.381 e. The molecule has 10 nitrogen and oxygen atoms in total. The fourth-order valence-electron chi connectivity index (χ4n) is 3.84. The van der Waals surface area contributed by atoms with E-state index in [4.69, 9.17) is 14.0 Å². The molecule has 2 aliphatic rings. The molecule has 2 aliphatic heterocycles. The lowest BCUT2D eigenvalue weighted by molar-refractivity contribution is 0.0198. The maximum Gasteiger partial charge on any atom is 0.262 e. The standard InChI is InChI=1S/C19H29N5O5S/c1-14-20-18(13-23(14)2)30(25,26)24-8-3-4-16(12-24)28-11-7-17-21-19(29-22-17)15-5-9-27-10-6-15/h13,15-16H,3-12H2,1-2H3. The van der Waals surface area contributed by atoms with E-state index in [1.807, 2.05) is 0 Å². The van der Waals surface area contributed by atoms with Gasteiger partial charge < -0.3 is 18.6 Å². The summed E-state index contributed by atoms with van der Waals surface area (Å²) < 4.78 is 45.7. The van der Waals surface area contributed by atoms with Crippen molar-refractivity contribution in [1.29, 1.82) is 0 Å². The fraction of sp³-hybridized carbons (Fsp3) is 0.737. The van der Waals surface area contributed by atoms with Crippen LogP contribution in [-0.2, 0) is 33.0 Å². The van der Waals surface area contributed by atoms with Crippen molar-refractivity contribution < 1.29 is 22.4 Å². The molecule has 166 valence electrons. The van der Waals surface area contributed by atoms with E-state index in [0.717, 1.165) is 38.9 Å². The van der Waals surface area contributed by atoms with Crippen LogP contribution in [-0.4, -0.2) is 71.4 Å². The summed E-state index contributed by atoms with van der Waals surface area (Å²) in [7, 11) is -1.82. The molecule has 30 heavy (non-hydrogen) atoms. The topological polar surface area (TPSA) is 113 Å². The second-order valence-electron chi connectivity index (χ2n) is 7.92. The van der Waals surface area contributed by atoms with Crippen LogP contribution in [0.25, 0.3) is 0 Å². The first-order valence-corrected chi connectivity index (χ1v) is 11.9. The van der Waals surface area contributed by atoms with Gasteiger partial charge >= 0.3 is 0 Å². The molecule has 0 radical (unpaired) electrons. The van der Waals surface area contributed by atoms with Crippen molar-refractivity contribution in [3.63, 3.8) is 0 Å². The number of imidazole rings is 1. The van der Waals surface area contributed by atoms with Crippen molar-refractivity contribution in [2.75, 3.05) is 32.9 Å². The second kappa shape index (κ2) is 9.13. The van der Waals surface area contributed by atoms with E-state index in [-0.39, 0.29) is 17.0 Å². The quantitative estimate of drug-likeness (QED) is 0.637. The van der Waals surface area contributed by atoms with Gasteiger partial charge in [-0.25, -0.2) is 13.4 Å². The van der Waals surface area contributed by atoms with Gasteiger partial charge in [-0.2, -0.15) is 9.29 Å². The summed E-state index contributed by atoms with van der Waals surface area (Å²) in [6, 6.07) is 0. The molecular weight excluding hydrogens is 410 g/mol. The lowest BCUT2D eigenvalue weighted by Gasteiger charge is -2.31. The Kier molecular flexibility index (Phi) is 6.51. The summed E-state index contributed by atoms with van der Waals surface area (Å²) in [4.78, 5) is 8.67. The predicted molar refractivity (Wildman–Crippen MR) is 106 cm³/mol. The lowest BCUT2D eigenvalue weighted by Crippen LogP contribution is -2.43. The van der Waals surface area contributed by atoms with Crippen LogP contribution in [0.4, 0.5) is 0 Å². The molecular formula is C19H29N5O5S. The maximum absolute atomic E-state index is 12.9. The number of aryl methyl sites for hydroxylation is 2. The highest BCUT2D eigenvalue weighted by Crippen LogP contribution is 2.25. The number of sulfonamides is 1. The predicted octanol–water partition coefficient (Wildman–Crippen LogP) is 1.42. The van der Waals surface area contributed by atoms with Crippen molar-refractivity contribution in [3.05, 3.63) is 23.7 Å². The molecule has 2 aromatic rings. The summed E-state index contributed by atoms with van der Waals surface area (Å²) >= 11 is 0. The van der Waals surface area contributed by atoms with Gasteiger partial charge in [-0.15, -0.1) is 0 Å². The molecule has 2 fully saturated rings. The van der Waals surface area contributed by atoms with Gasteiger partial charge in [-0.3, -0.25) is 0 Å². The normalized spacial score (nSPS) is 21.9. The molecule has 0 saturated carbocycles. The monoisotopic (exact) mass is 439 g/mol. The lowest BCUT2D eigenvalue weighted by atomic mass is 10.0. The number of ether oxygens (including phenoxy) is 2. The zero-order valence-corrected chi connectivity index (χ0v) is 18.3. The zero-order valence-electron chi connectivity index (χ0n) is 17.5. The molecule has 0 aromatic carbocycles. The minimum atomic E-state index is -3.61. The van der Waals surface area contributed by atoms with E-state index >= 15 is 0 Å². The van der Waals surface area contributed by atoms with Crippen LogP contribution < -0.4 is 0 Å². The highest BCUT2D eigenvalue weighted by molar-refractivity contribution is 7.89. The highest BCUT2D eigenvalue weighted by Gasteiger charge is 2.32. The van der Waals surface area contributed by atoms with Gasteiger partial charge in [0.2, 0.25) is 5.89 Å². The van der Waals surface area contributed by atoms with Crippen molar-refractivity contribution >= 4 is 10.0 Å². The Morgan fingerprint density at radius 3 is 2.77 bits per heavy atom. The van der Waals surface area contributed by atoms with Crippen molar-refractivity contribution in [2.24, 2.45) is 7.05 Å². The number of aromatic nitrogens is 4. The maximum atomic E-state index is 12.9. The Balaban J connectivity index is 1.29. The van der Waals surface area contributed by atoms with Gasteiger partial charge in [0, 0.05) is 51.9 Å². The first-order chi connectivity index (χ1) is 14.4. The molecule has 0 aliphatic carbocycles. The molecule has 0 amide bonds. The van der Waals surface area contributed by atoms with Crippen LogP contribution in [0.15, 0.2) is 15.7 Å². The van der Waals surface area contributed by atoms with E-state index in [2.05, 4.69) is 15.1 Å². The summed E-state index contributed by atoms with van der Waals surface area (Å²) in [5.74, 6) is 2.24. The molecule has 1 unspecified atom stereocenters. The third-order valence-electron chi connectivity index (χ3n) is 5.77. The fourth-order valence-corrected chi connectivity index (χ4v) is 5.37. The smallest absolute Gasteiger partial charge is 0.262 e. The molecule has 2 saturated heterocycles. The van der Waals surface area contributed by atoms with Gasteiger partial charge in [0.05, 0.1) is 12.7 Å². The Morgan fingerprint density at radius 1 is 1.23 bits per heavy atom. The van der Waals surface area contributed by atoms with Crippen LogP contribution in [0.2, 0.25) is 0 Å². The first kappa shape index (κ1) is 21.4. The van der Waals surface area contributed by atoms with Gasteiger partial charge in [-0.1, -0.05) is 5.16 Å². The molecule has 4 heterocycles. The summed E-state index contributed by atoms with van der Waals surface area (Å²) in [5.41, 5.74) is 0. The van der Waals surface area contributed by atoms with E-state index in [0.29, 0.717) is 43.7 Å². The summed E-state index contributed by atoms with van der Waals surface area (Å²) in [6.07, 6.45) is 5.33. The number of hydrogen-bond acceptors (Lipinski definition) is 8. The molecule has 0 spiro atoms. The molecule has 4 rings (SSSR count). The van der Waals surface area contributed by atoms with Gasteiger partial charge in [0.25, 0.3) is 10.0 Å². The Bertz CT molecular complexity index is 931. The SMILES string of the molecule is Cc1nc(S(=O)(=O)N2CCCC(OCCc3noc(C4CCOCC4)n3)C2)cn1C. The second-order valence-corrected chi connectivity index (χ2v) is 9.81. The summed E-state index contributed by atoms with van der Waals surface area (Å²) in [5, 5.41) is 4.15. The molecule has 0 bridgehead atoms. The average Bonchev–Trinajstić information content (AvgIpc) is 3.36. The third-order valence-corrected chi connectivity index (χ3v) is 7.50. The average molecular weight is 440 g/mol. The van der Waals surface area contributed by atoms with E-state index in [1.54, 1.807) is 24.7 Å². The van der Waals surface area contributed by atoms with Crippen LogP contribution in [0.1, 0.15) is 49.1 Å². The van der Waals surface area contributed by atoms with Gasteiger partial charge in [-0.05, 0) is 32.6 Å². The summed E-state index contributed by atoms with van der Waals surface area (Å²) in [6.45, 7) is 4.48. The number of hydrogen-bond donors (Lipinski definition) is 0. The zero-order chi connectivity index (χ0) is 21.1. The number of nitrogens with zero attached hydrogens (tertiary/aromatic N) is 5. The highest BCUT2D eigenvalue weighted by atomic mass is 32.2. The number of piperidine rings is 1. The van der Waals surface area contributed by atoms with Gasteiger partial charge in [0.1, 0.15) is 5.82 Å². The van der Waals surface area contributed by atoms with Crippen molar-refractivity contribution in [2.45, 2.75) is 56.1 Å². The molecule has 1 atom stereocenters. The Labute approximate surface area is 176 Å². The Hall–Kier alpha value is -1.82. The van der Waals surface area contributed by atoms with Crippen molar-refractivity contribution in [1.82, 2.24) is 24.0 Å². The Morgan fingerprint density at radius 2 is 2.03 bits per heavy atom. The van der Waals surface area contributed by atoms with Crippen LogP contribution >= 0.6 is 0 Å². The molecule has 2 aromatic heterocycles.